The quantitative estimate of drug-likeness (QED) is 0.680. The first-order chi connectivity index (χ1) is 14.2. The molecule has 0 unspecified atom stereocenters. The number of piperazine rings is 1. The zero-order valence-corrected chi connectivity index (χ0v) is 20.0. The minimum absolute atomic E-state index is 0.132. The van der Waals surface area contributed by atoms with Crippen LogP contribution in [0, 0.1) is 11.3 Å². The molecule has 1 saturated heterocycles. The Labute approximate surface area is 189 Å². The Morgan fingerprint density at radius 3 is 2.26 bits per heavy atom. The van der Waals surface area contributed by atoms with E-state index in [1.807, 2.05) is 32.6 Å². The van der Waals surface area contributed by atoms with Crippen molar-refractivity contribution in [3.05, 3.63) is 22.7 Å². The van der Waals surface area contributed by atoms with Crippen LogP contribution in [0.25, 0.3) is 0 Å². The van der Waals surface area contributed by atoms with E-state index in [2.05, 4.69) is 11.4 Å². The van der Waals surface area contributed by atoms with Gasteiger partial charge in [-0.15, -0.1) is 0 Å². The number of rotatable bonds is 2. The number of hydrogen-bond donors (Lipinski definition) is 1. The molecule has 1 fully saturated rings. The smallest absolute Gasteiger partial charge is 0.412 e. The van der Waals surface area contributed by atoms with E-state index in [4.69, 9.17) is 21.1 Å². The van der Waals surface area contributed by atoms with Gasteiger partial charge in [-0.2, -0.15) is 5.26 Å². The molecule has 31 heavy (non-hydrogen) atoms. The molecule has 170 valence electrons. The summed E-state index contributed by atoms with van der Waals surface area (Å²) >= 11 is 6.59. The van der Waals surface area contributed by atoms with Crippen molar-refractivity contribution in [2.75, 3.05) is 29.9 Å². The average molecular weight is 451 g/mol. The summed E-state index contributed by atoms with van der Waals surface area (Å²) in [5, 5.41) is 12.4. The van der Waals surface area contributed by atoms with Crippen molar-refractivity contribution in [1.29, 1.82) is 5.26 Å². The standard InChI is InChI=1S/C22H31ClN4O4/c1-14-13-26(8-9-27(14)20(29)31-22(5,6)7)17-11-15(12-24)10-16(18(17)23)25-19(28)30-21(2,3)4/h10-11,14H,8-9,13H2,1-7H3,(H,25,28)/t14-/m1/s1. The Bertz CT molecular complexity index is 883. The highest BCUT2D eigenvalue weighted by Gasteiger charge is 2.32. The summed E-state index contributed by atoms with van der Waals surface area (Å²) in [7, 11) is 0. The molecule has 2 rings (SSSR count). The summed E-state index contributed by atoms with van der Waals surface area (Å²) in [6, 6.07) is 5.15. The maximum Gasteiger partial charge on any atom is 0.412 e. The maximum absolute atomic E-state index is 12.5. The third kappa shape index (κ3) is 6.93. The summed E-state index contributed by atoms with van der Waals surface area (Å²) < 4.78 is 10.8. The van der Waals surface area contributed by atoms with E-state index < -0.39 is 17.3 Å². The number of anilines is 2. The Morgan fingerprint density at radius 1 is 1.13 bits per heavy atom. The van der Waals surface area contributed by atoms with Gasteiger partial charge < -0.3 is 19.3 Å². The highest BCUT2D eigenvalue weighted by Crippen LogP contribution is 2.36. The van der Waals surface area contributed by atoms with E-state index in [9.17, 15) is 14.9 Å². The normalized spacial score (nSPS) is 17.1. The van der Waals surface area contributed by atoms with Crippen molar-refractivity contribution >= 4 is 35.2 Å². The second-order valence-electron chi connectivity index (χ2n) is 9.56. The first kappa shape index (κ1) is 24.6. The predicted octanol–water partition coefficient (Wildman–Crippen LogP) is 5.00. The van der Waals surface area contributed by atoms with Crippen molar-refractivity contribution in [2.45, 2.75) is 65.7 Å². The van der Waals surface area contributed by atoms with Crippen molar-refractivity contribution in [3.63, 3.8) is 0 Å². The van der Waals surface area contributed by atoms with Gasteiger partial charge in [0.2, 0.25) is 0 Å². The molecular weight excluding hydrogens is 420 g/mol. The summed E-state index contributed by atoms with van der Waals surface area (Å²) in [6.45, 7) is 14.2. The molecule has 1 aromatic rings. The zero-order chi connectivity index (χ0) is 23.6. The minimum Gasteiger partial charge on any atom is -0.444 e. The fraction of sp³-hybridized carbons (Fsp3) is 0.591. The van der Waals surface area contributed by atoms with Crippen molar-refractivity contribution in [1.82, 2.24) is 4.90 Å². The van der Waals surface area contributed by atoms with E-state index in [-0.39, 0.29) is 12.1 Å². The van der Waals surface area contributed by atoms with Gasteiger partial charge in [0, 0.05) is 25.7 Å². The Hall–Kier alpha value is -2.66. The van der Waals surface area contributed by atoms with Gasteiger partial charge in [0.15, 0.2) is 0 Å². The number of carbonyl (C=O) groups excluding carboxylic acids is 2. The number of benzene rings is 1. The van der Waals surface area contributed by atoms with E-state index in [1.165, 1.54) is 6.07 Å². The molecule has 0 aromatic heterocycles. The van der Waals surface area contributed by atoms with E-state index in [0.29, 0.717) is 41.6 Å². The molecule has 1 aliphatic heterocycles. The van der Waals surface area contributed by atoms with Gasteiger partial charge in [-0.3, -0.25) is 5.32 Å². The summed E-state index contributed by atoms with van der Waals surface area (Å²) in [6.07, 6.45) is -1.01. The van der Waals surface area contributed by atoms with Crippen LogP contribution < -0.4 is 10.2 Å². The highest BCUT2D eigenvalue weighted by atomic mass is 35.5. The van der Waals surface area contributed by atoms with Crippen LogP contribution in [-0.2, 0) is 9.47 Å². The number of carbonyl (C=O) groups is 2. The lowest BCUT2D eigenvalue weighted by Crippen LogP contribution is -2.55. The minimum atomic E-state index is -0.667. The van der Waals surface area contributed by atoms with E-state index >= 15 is 0 Å². The molecule has 0 bridgehead atoms. The molecule has 0 radical (unpaired) electrons. The molecular formula is C22H31ClN4O4. The van der Waals surface area contributed by atoms with Gasteiger partial charge in [0.1, 0.15) is 11.2 Å². The number of hydrogen-bond acceptors (Lipinski definition) is 6. The molecule has 1 N–H and O–H groups in total. The van der Waals surface area contributed by atoms with Gasteiger partial charge >= 0.3 is 12.2 Å². The third-order valence-corrected chi connectivity index (χ3v) is 4.81. The number of nitrogens with one attached hydrogen (secondary N) is 1. The van der Waals surface area contributed by atoms with Gasteiger partial charge in [0.25, 0.3) is 0 Å². The van der Waals surface area contributed by atoms with Crippen LogP contribution in [-0.4, -0.2) is 54.0 Å². The first-order valence-corrected chi connectivity index (χ1v) is 10.6. The van der Waals surface area contributed by atoms with E-state index in [1.54, 1.807) is 31.7 Å². The van der Waals surface area contributed by atoms with Crippen LogP contribution >= 0.6 is 11.6 Å². The third-order valence-electron chi connectivity index (χ3n) is 4.41. The lowest BCUT2D eigenvalue weighted by molar-refractivity contribution is 0.0158. The van der Waals surface area contributed by atoms with Crippen LogP contribution in [0.3, 0.4) is 0 Å². The predicted molar refractivity (Wildman–Crippen MR) is 121 cm³/mol. The topological polar surface area (TPSA) is 94.9 Å². The van der Waals surface area contributed by atoms with Crippen LogP contribution in [0.15, 0.2) is 12.1 Å². The first-order valence-electron chi connectivity index (χ1n) is 10.2. The Kier molecular flexibility index (Phi) is 7.32. The largest absolute Gasteiger partial charge is 0.444 e. The Balaban J connectivity index is 2.22. The summed E-state index contributed by atoms with van der Waals surface area (Å²) in [5.41, 5.74) is 0.0302. The van der Waals surface area contributed by atoms with Crippen LogP contribution in [0.4, 0.5) is 21.0 Å². The molecule has 1 aromatic carbocycles. The van der Waals surface area contributed by atoms with Gasteiger partial charge in [-0.25, -0.2) is 9.59 Å². The Morgan fingerprint density at radius 2 is 1.74 bits per heavy atom. The van der Waals surface area contributed by atoms with Crippen LogP contribution in [0.1, 0.15) is 54.0 Å². The fourth-order valence-corrected chi connectivity index (χ4v) is 3.45. The molecule has 1 atom stereocenters. The maximum atomic E-state index is 12.5. The van der Waals surface area contributed by atoms with Crippen LogP contribution in [0.5, 0.6) is 0 Å². The molecule has 0 aliphatic carbocycles. The monoisotopic (exact) mass is 450 g/mol. The number of halogens is 1. The van der Waals surface area contributed by atoms with Crippen molar-refractivity contribution < 1.29 is 19.1 Å². The highest BCUT2D eigenvalue weighted by molar-refractivity contribution is 6.36. The lowest BCUT2D eigenvalue weighted by atomic mass is 10.1. The van der Waals surface area contributed by atoms with Gasteiger partial charge in [0.05, 0.1) is 28.0 Å². The molecule has 9 heteroatoms. The number of nitriles is 1. The summed E-state index contributed by atoms with van der Waals surface area (Å²) in [4.78, 5) is 28.4. The number of nitrogens with zero attached hydrogens (tertiary/aromatic N) is 3. The SMILES string of the molecule is C[C@@H]1CN(c2cc(C#N)cc(NC(=O)OC(C)(C)C)c2Cl)CCN1C(=O)OC(C)(C)C. The molecule has 8 nitrogen and oxygen atoms in total. The molecule has 1 heterocycles. The number of amides is 2. The molecule has 2 amide bonds. The number of ether oxygens (including phenoxy) is 2. The lowest BCUT2D eigenvalue weighted by Gasteiger charge is -2.41. The van der Waals surface area contributed by atoms with E-state index in [0.717, 1.165) is 0 Å². The molecule has 0 spiro atoms. The van der Waals surface area contributed by atoms with Crippen molar-refractivity contribution in [2.24, 2.45) is 0 Å². The summed E-state index contributed by atoms with van der Waals surface area (Å²) in [5.74, 6) is 0. The van der Waals surface area contributed by atoms with Crippen LogP contribution in [0.2, 0.25) is 5.02 Å². The van der Waals surface area contributed by atoms with Gasteiger partial charge in [-0.1, -0.05) is 11.6 Å². The average Bonchev–Trinajstić information content (AvgIpc) is 2.60. The second kappa shape index (κ2) is 9.23. The van der Waals surface area contributed by atoms with Crippen molar-refractivity contribution in [3.8, 4) is 6.07 Å². The molecule has 0 saturated carbocycles. The zero-order valence-electron chi connectivity index (χ0n) is 19.2. The second-order valence-corrected chi connectivity index (χ2v) is 9.94. The van der Waals surface area contributed by atoms with Gasteiger partial charge in [-0.05, 0) is 60.6 Å². The molecule has 1 aliphatic rings. The fourth-order valence-electron chi connectivity index (χ4n) is 3.18.